The van der Waals surface area contributed by atoms with E-state index in [9.17, 15) is 18.0 Å². The zero-order valence-electron chi connectivity index (χ0n) is 13.9. The molecule has 1 amide bonds. The number of carbonyl (C=O) groups is 1. The molecule has 1 aromatic carbocycles. The van der Waals surface area contributed by atoms with Crippen molar-refractivity contribution < 1.29 is 18.0 Å². The Hall–Kier alpha value is -2.06. The maximum absolute atomic E-state index is 12.8. The molecule has 0 aliphatic heterocycles. The molecule has 2 N–H and O–H groups in total. The number of hydrogen-bond acceptors (Lipinski definition) is 3. The molecule has 0 saturated carbocycles. The Labute approximate surface area is 150 Å². The normalized spacial score (nSPS) is 11.1. The van der Waals surface area contributed by atoms with Crippen molar-refractivity contribution >= 4 is 18.3 Å². The van der Waals surface area contributed by atoms with Gasteiger partial charge >= 0.3 is 6.18 Å². The lowest BCUT2D eigenvalue weighted by atomic mass is 10.2. The quantitative estimate of drug-likeness (QED) is 0.762. The zero-order chi connectivity index (χ0) is 17.7. The highest BCUT2D eigenvalue weighted by Crippen LogP contribution is 2.30. The molecule has 0 atom stereocenters. The lowest BCUT2D eigenvalue weighted by Gasteiger charge is -2.10. The molecule has 0 aliphatic rings. The summed E-state index contributed by atoms with van der Waals surface area (Å²) in [6, 6.07) is 4.83. The zero-order valence-corrected chi connectivity index (χ0v) is 14.7. The maximum atomic E-state index is 12.8. The van der Waals surface area contributed by atoms with Crippen molar-refractivity contribution in [1.82, 2.24) is 20.4 Å². The minimum atomic E-state index is -4.43. The molecule has 1 heterocycles. The van der Waals surface area contributed by atoms with Crippen LogP contribution in [-0.4, -0.2) is 35.3 Å². The van der Waals surface area contributed by atoms with Crippen molar-refractivity contribution in [2.45, 2.75) is 20.0 Å². The first-order valence-corrected chi connectivity index (χ1v) is 7.55. The topological polar surface area (TPSA) is 58.9 Å². The Morgan fingerprint density at radius 2 is 2.00 bits per heavy atom. The molecule has 0 aliphatic carbocycles. The van der Waals surface area contributed by atoms with Crippen molar-refractivity contribution in [3.63, 3.8) is 0 Å². The van der Waals surface area contributed by atoms with Gasteiger partial charge in [-0.2, -0.15) is 18.3 Å². The highest BCUT2D eigenvalue weighted by molar-refractivity contribution is 5.95. The summed E-state index contributed by atoms with van der Waals surface area (Å²) in [6.45, 7) is 5.52. The third kappa shape index (κ3) is 5.20. The van der Waals surface area contributed by atoms with Gasteiger partial charge in [-0.3, -0.25) is 4.79 Å². The third-order valence-corrected chi connectivity index (χ3v) is 3.51. The van der Waals surface area contributed by atoms with Crippen LogP contribution in [0.25, 0.3) is 5.69 Å². The van der Waals surface area contributed by atoms with Gasteiger partial charge in [0.2, 0.25) is 0 Å². The number of nitrogens with zero attached hydrogens (tertiary/aromatic N) is 2. The van der Waals surface area contributed by atoms with Crippen LogP contribution in [0.4, 0.5) is 13.2 Å². The van der Waals surface area contributed by atoms with Crippen molar-refractivity contribution in [1.29, 1.82) is 0 Å². The molecule has 1 aromatic heterocycles. The van der Waals surface area contributed by atoms with Gasteiger partial charge in [0, 0.05) is 13.1 Å². The number of amides is 1. The van der Waals surface area contributed by atoms with Crippen LogP contribution in [0.2, 0.25) is 0 Å². The second-order valence-electron chi connectivity index (χ2n) is 5.21. The summed E-state index contributed by atoms with van der Waals surface area (Å²) < 4.78 is 39.8. The van der Waals surface area contributed by atoms with E-state index in [0.29, 0.717) is 24.3 Å². The van der Waals surface area contributed by atoms with Crippen LogP contribution in [0.15, 0.2) is 30.5 Å². The van der Waals surface area contributed by atoms with Gasteiger partial charge in [-0.1, -0.05) is 13.0 Å². The van der Waals surface area contributed by atoms with E-state index in [1.807, 2.05) is 6.92 Å². The minimum Gasteiger partial charge on any atom is -0.351 e. The first-order chi connectivity index (χ1) is 11.3. The standard InChI is InChI=1S/C16H19F3N4O.ClH/c1-3-20-7-8-21-15(24)14-10-22-23(11(14)2)13-6-4-5-12(9-13)16(17,18)19;/h4-6,9-10,20H,3,7-8H2,1-2H3,(H,21,24);1H. The number of halogens is 4. The molecule has 0 fully saturated rings. The number of carbonyl (C=O) groups excluding carboxylic acids is 1. The Bertz CT molecular complexity index is 716. The van der Waals surface area contributed by atoms with Gasteiger partial charge in [0.15, 0.2) is 0 Å². The number of aromatic nitrogens is 2. The average Bonchev–Trinajstić information content (AvgIpc) is 2.92. The fourth-order valence-electron chi connectivity index (χ4n) is 2.24. The molecule has 5 nitrogen and oxygen atoms in total. The Morgan fingerprint density at radius 1 is 1.28 bits per heavy atom. The molecular weight excluding hydrogens is 357 g/mol. The smallest absolute Gasteiger partial charge is 0.351 e. The van der Waals surface area contributed by atoms with Gasteiger partial charge in [0.25, 0.3) is 5.91 Å². The first kappa shape index (κ1) is 21.0. The Balaban J connectivity index is 0.00000312. The van der Waals surface area contributed by atoms with Gasteiger partial charge in [-0.25, -0.2) is 4.68 Å². The van der Waals surface area contributed by atoms with E-state index in [4.69, 9.17) is 0 Å². The predicted molar refractivity (Wildman–Crippen MR) is 91.4 cm³/mol. The van der Waals surface area contributed by atoms with E-state index < -0.39 is 11.7 Å². The fourth-order valence-corrected chi connectivity index (χ4v) is 2.24. The van der Waals surface area contributed by atoms with Crippen molar-refractivity contribution in [2.24, 2.45) is 0 Å². The fraction of sp³-hybridized carbons (Fsp3) is 0.375. The SMILES string of the molecule is CCNCCNC(=O)c1cnn(-c2cccc(C(F)(F)F)c2)c1C.Cl. The second kappa shape index (κ2) is 8.87. The average molecular weight is 377 g/mol. The molecule has 0 spiro atoms. The molecule has 0 saturated heterocycles. The number of rotatable bonds is 6. The largest absolute Gasteiger partial charge is 0.416 e. The molecule has 9 heteroatoms. The first-order valence-electron chi connectivity index (χ1n) is 7.55. The summed E-state index contributed by atoms with van der Waals surface area (Å²) in [6.07, 6.45) is -3.07. The van der Waals surface area contributed by atoms with Gasteiger partial charge in [-0.05, 0) is 31.7 Å². The van der Waals surface area contributed by atoms with E-state index in [2.05, 4.69) is 15.7 Å². The van der Waals surface area contributed by atoms with Gasteiger partial charge in [0.05, 0.1) is 28.7 Å². The van der Waals surface area contributed by atoms with Crippen LogP contribution in [0.3, 0.4) is 0 Å². The molecular formula is C16H20ClF3N4O. The van der Waals surface area contributed by atoms with Crippen molar-refractivity contribution in [3.8, 4) is 5.69 Å². The number of likely N-dealkylation sites (N-methyl/N-ethyl adjacent to an activating group) is 1. The van der Waals surface area contributed by atoms with Crippen LogP contribution >= 0.6 is 12.4 Å². The van der Waals surface area contributed by atoms with E-state index in [0.717, 1.165) is 18.7 Å². The van der Waals surface area contributed by atoms with Crippen LogP contribution in [0.1, 0.15) is 28.5 Å². The highest BCUT2D eigenvalue weighted by atomic mass is 35.5. The summed E-state index contributed by atoms with van der Waals surface area (Å²) in [5.74, 6) is -0.302. The minimum absolute atomic E-state index is 0. The highest BCUT2D eigenvalue weighted by Gasteiger charge is 2.30. The molecule has 0 unspecified atom stereocenters. The molecule has 0 bridgehead atoms. The van der Waals surface area contributed by atoms with Crippen LogP contribution in [-0.2, 0) is 6.18 Å². The van der Waals surface area contributed by atoms with E-state index in [-0.39, 0.29) is 24.0 Å². The predicted octanol–water partition coefficient (Wildman–Crippen LogP) is 2.96. The third-order valence-electron chi connectivity index (χ3n) is 3.51. The summed E-state index contributed by atoms with van der Waals surface area (Å²) >= 11 is 0. The van der Waals surface area contributed by atoms with Gasteiger partial charge in [0.1, 0.15) is 0 Å². The van der Waals surface area contributed by atoms with Crippen LogP contribution in [0.5, 0.6) is 0 Å². The van der Waals surface area contributed by atoms with E-state index in [1.54, 1.807) is 6.92 Å². The molecule has 2 aromatic rings. The maximum Gasteiger partial charge on any atom is 0.416 e. The van der Waals surface area contributed by atoms with Crippen LogP contribution < -0.4 is 10.6 Å². The summed E-state index contributed by atoms with van der Waals surface area (Å²) in [4.78, 5) is 12.1. The second-order valence-corrected chi connectivity index (χ2v) is 5.21. The molecule has 0 radical (unpaired) electrons. The van der Waals surface area contributed by atoms with Crippen molar-refractivity contribution in [3.05, 3.63) is 47.3 Å². The summed E-state index contributed by atoms with van der Waals surface area (Å²) in [5.41, 5.74) is 0.319. The molecule has 138 valence electrons. The van der Waals surface area contributed by atoms with Gasteiger partial charge < -0.3 is 10.6 Å². The Morgan fingerprint density at radius 3 is 2.64 bits per heavy atom. The monoisotopic (exact) mass is 376 g/mol. The molecule has 25 heavy (non-hydrogen) atoms. The van der Waals surface area contributed by atoms with E-state index >= 15 is 0 Å². The number of nitrogens with one attached hydrogen (secondary N) is 2. The summed E-state index contributed by atoms with van der Waals surface area (Å²) in [7, 11) is 0. The molecule has 2 rings (SSSR count). The summed E-state index contributed by atoms with van der Waals surface area (Å²) in [5, 5.41) is 9.87. The van der Waals surface area contributed by atoms with Gasteiger partial charge in [-0.15, -0.1) is 12.4 Å². The van der Waals surface area contributed by atoms with E-state index in [1.165, 1.54) is 23.0 Å². The van der Waals surface area contributed by atoms with Crippen molar-refractivity contribution in [2.75, 3.05) is 19.6 Å². The van der Waals surface area contributed by atoms with Crippen LogP contribution in [0, 0.1) is 6.92 Å². The lowest BCUT2D eigenvalue weighted by Crippen LogP contribution is -2.31. The number of benzene rings is 1. The number of hydrogen-bond donors (Lipinski definition) is 2. The Kier molecular flexibility index (Phi) is 7.44. The lowest BCUT2D eigenvalue weighted by molar-refractivity contribution is -0.137. The number of alkyl halides is 3.